The summed E-state index contributed by atoms with van der Waals surface area (Å²) in [7, 11) is 0. The molecule has 0 unspecified atom stereocenters. The first kappa shape index (κ1) is 13.5. The first-order valence-corrected chi connectivity index (χ1v) is 7.60. The molecule has 0 atom stereocenters. The summed E-state index contributed by atoms with van der Waals surface area (Å²) in [6, 6.07) is 20.1. The predicted octanol–water partition coefficient (Wildman–Crippen LogP) is 6.13. The molecule has 1 nitrogen and oxygen atoms in total. The van der Waals surface area contributed by atoms with Crippen LogP contribution in [0.2, 0.25) is 0 Å². The van der Waals surface area contributed by atoms with E-state index in [0.29, 0.717) is 5.88 Å². The van der Waals surface area contributed by atoms with E-state index in [2.05, 4.69) is 34.1 Å². The molecule has 0 aromatic heterocycles. The van der Waals surface area contributed by atoms with Gasteiger partial charge in [0.25, 0.3) is 0 Å². The molecule has 20 heavy (non-hydrogen) atoms. The summed E-state index contributed by atoms with van der Waals surface area (Å²) in [6.45, 7) is 0. The first-order valence-electron chi connectivity index (χ1n) is 6.28. The zero-order chi connectivity index (χ0) is 13.9. The minimum absolute atomic E-state index is 0.481. The van der Waals surface area contributed by atoms with E-state index in [1.54, 1.807) is 0 Å². The van der Waals surface area contributed by atoms with Crippen molar-refractivity contribution in [2.24, 2.45) is 0 Å². The third-order valence-corrected chi connectivity index (χ3v) is 4.17. The molecule has 3 aromatic rings. The van der Waals surface area contributed by atoms with Gasteiger partial charge < -0.3 is 4.74 Å². The molecule has 100 valence electrons. The van der Waals surface area contributed by atoms with Gasteiger partial charge in [-0.15, -0.1) is 11.6 Å². The molecule has 0 amide bonds. The average molecular weight is 348 g/mol. The highest BCUT2D eigenvalue weighted by atomic mass is 79.9. The van der Waals surface area contributed by atoms with Crippen LogP contribution in [0.5, 0.6) is 11.5 Å². The number of alkyl halides is 1. The van der Waals surface area contributed by atoms with Gasteiger partial charge in [0.05, 0.1) is 0 Å². The van der Waals surface area contributed by atoms with Crippen LogP contribution in [0.15, 0.2) is 65.1 Å². The lowest BCUT2D eigenvalue weighted by atomic mass is 10.1. The molecule has 0 aliphatic carbocycles. The number of hydrogen-bond donors (Lipinski definition) is 0. The molecule has 3 rings (SSSR count). The van der Waals surface area contributed by atoms with Crippen LogP contribution in [0.25, 0.3) is 10.8 Å². The maximum absolute atomic E-state index is 6.00. The molecule has 0 radical (unpaired) electrons. The van der Waals surface area contributed by atoms with Gasteiger partial charge in [0, 0.05) is 15.7 Å². The molecule has 0 aliphatic heterocycles. The van der Waals surface area contributed by atoms with E-state index in [-0.39, 0.29) is 0 Å². The fraction of sp³-hybridized carbons (Fsp3) is 0.0588. The van der Waals surface area contributed by atoms with Gasteiger partial charge in [0.15, 0.2) is 0 Å². The van der Waals surface area contributed by atoms with E-state index >= 15 is 0 Å². The maximum atomic E-state index is 6.00. The summed E-state index contributed by atoms with van der Waals surface area (Å²) < 4.78 is 6.96. The van der Waals surface area contributed by atoms with E-state index < -0.39 is 0 Å². The number of hydrogen-bond acceptors (Lipinski definition) is 1. The van der Waals surface area contributed by atoms with Gasteiger partial charge in [-0.2, -0.15) is 0 Å². The van der Waals surface area contributed by atoms with Gasteiger partial charge in [-0.05, 0) is 29.1 Å². The quantitative estimate of drug-likeness (QED) is 0.518. The molecule has 0 aliphatic rings. The third-order valence-electron chi connectivity index (χ3n) is 3.15. The van der Waals surface area contributed by atoms with Crippen LogP contribution in [0, 0.1) is 0 Å². The molecule has 0 heterocycles. The van der Waals surface area contributed by atoms with Crippen molar-refractivity contribution in [3.8, 4) is 11.5 Å². The van der Waals surface area contributed by atoms with Crippen molar-refractivity contribution in [3.63, 3.8) is 0 Å². The highest BCUT2D eigenvalue weighted by Crippen LogP contribution is 2.32. The van der Waals surface area contributed by atoms with Crippen molar-refractivity contribution < 1.29 is 4.74 Å². The first-order chi connectivity index (χ1) is 9.78. The Bertz CT molecular complexity index is 750. The Morgan fingerprint density at radius 3 is 2.55 bits per heavy atom. The van der Waals surface area contributed by atoms with E-state index in [1.807, 2.05) is 42.5 Å². The van der Waals surface area contributed by atoms with Gasteiger partial charge >= 0.3 is 0 Å². The molecule has 3 aromatic carbocycles. The standard InChI is InChI=1S/C17H12BrClO/c18-16-10-14(9-8-13(16)11-19)20-17-7-3-5-12-4-1-2-6-15(12)17/h1-10H,11H2. The van der Waals surface area contributed by atoms with Gasteiger partial charge in [-0.1, -0.05) is 58.4 Å². The second kappa shape index (κ2) is 5.86. The van der Waals surface area contributed by atoms with E-state index in [1.165, 1.54) is 5.39 Å². The molecule has 0 bridgehead atoms. The van der Waals surface area contributed by atoms with Gasteiger partial charge in [-0.25, -0.2) is 0 Å². The summed E-state index contributed by atoms with van der Waals surface area (Å²) in [5, 5.41) is 2.27. The van der Waals surface area contributed by atoms with Gasteiger partial charge in [0.2, 0.25) is 0 Å². The largest absolute Gasteiger partial charge is 0.457 e. The van der Waals surface area contributed by atoms with Crippen molar-refractivity contribution in [1.29, 1.82) is 0 Å². The highest BCUT2D eigenvalue weighted by molar-refractivity contribution is 9.10. The molecule has 0 spiro atoms. The lowest BCUT2D eigenvalue weighted by Gasteiger charge is -2.10. The molecular weight excluding hydrogens is 336 g/mol. The lowest BCUT2D eigenvalue weighted by molar-refractivity contribution is 0.488. The Morgan fingerprint density at radius 2 is 1.75 bits per heavy atom. The Morgan fingerprint density at radius 1 is 0.950 bits per heavy atom. The van der Waals surface area contributed by atoms with E-state index in [9.17, 15) is 0 Å². The Hall–Kier alpha value is -1.51. The Kier molecular flexibility index (Phi) is 3.95. The second-order valence-corrected chi connectivity index (χ2v) is 5.59. The monoisotopic (exact) mass is 346 g/mol. The van der Waals surface area contributed by atoms with Crippen molar-refractivity contribution >= 4 is 38.3 Å². The average Bonchev–Trinajstić information content (AvgIpc) is 2.48. The van der Waals surface area contributed by atoms with Crippen LogP contribution in [0.1, 0.15) is 5.56 Å². The van der Waals surface area contributed by atoms with Crippen LogP contribution in [0.4, 0.5) is 0 Å². The number of rotatable bonds is 3. The summed E-state index contributed by atoms with van der Waals surface area (Å²) >= 11 is 9.36. The number of fused-ring (bicyclic) bond motifs is 1. The van der Waals surface area contributed by atoms with Crippen LogP contribution in [-0.4, -0.2) is 0 Å². The van der Waals surface area contributed by atoms with Crippen molar-refractivity contribution in [2.75, 3.05) is 0 Å². The normalized spacial score (nSPS) is 10.7. The topological polar surface area (TPSA) is 9.23 Å². The molecular formula is C17H12BrClO. The summed E-state index contributed by atoms with van der Waals surface area (Å²) in [6.07, 6.45) is 0. The number of halogens is 2. The summed E-state index contributed by atoms with van der Waals surface area (Å²) in [4.78, 5) is 0. The fourth-order valence-electron chi connectivity index (χ4n) is 2.11. The molecule has 0 N–H and O–H groups in total. The van der Waals surface area contributed by atoms with Crippen molar-refractivity contribution in [1.82, 2.24) is 0 Å². The zero-order valence-electron chi connectivity index (χ0n) is 10.6. The third kappa shape index (κ3) is 2.67. The smallest absolute Gasteiger partial charge is 0.135 e. The van der Waals surface area contributed by atoms with Crippen LogP contribution in [0.3, 0.4) is 0 Å². The highest BCUT2D eigenvalue weighted by Gasteiger charge is 2.05. The van der Waals surface area contributed by atoms with Gasteiger partial charge in [-0.3, -0.25) is 0 Å². The fourth-order valence-corrected chi connectivity index (χ4v) is 3.00. The Labute approximate surface area is 131 Å². The van der Waals surface area contributed by atoms with Crippen molar-refractivity contribution in [2.45, 2.75) is 5.88 Å². The van der Waals surface area contributed by atoms with E-state index in [0.717, 1.165) is 26.9 Å². The summed E-state index contributed by atoms with van der Waals surface area (Å²) in [5.41, 5.74) is 1.05. The zero-order valence-corrected chi connectivity index (χ0v) is 13.0. The minimum atomic E-state index is 0.481. The maximum Gasteiger partial charge on any atom is 0.135 e. The molecule has 3 heteroatoms. The number of ether oxygens (including phenoxy) is 1. The Balaban J connectivity index is 1.99. The van der Waals surface area contributed by atoms with Crippen LogP contribution in [-0.2, 0) is 5.88 Å². The van der Waals surface area contributed by atoms with Crippen LogP contribution < -0.4 is 4.74 Å². The van der Waals surface area contributed by atoms with Gasteiger partial charge in [0.1, 0.15) is 11.5 Å². The number of benzene rings is 3. The van der Waals surface area contributed by atoms with Crippen molar-refractivity contribution in [3.05, 3.63) is 70.7 Å². The molecule has 0 saturated carbocycles. The SMILES string of the molecule is ClCc1ccc(Oc2cccc3ccccc23)cc1Br. The molecule has 0 saturated heterocycles. The molecule has 0 fully saturated rings. The second-order valence-electron chi connectivity index (χ2n) is 4.47. The predicted molar refractivity (Wildman–Crippen MR) is 87.7 cm³/mol. The van der Waals surface area contributed by atoms with Crippen LogP contribution >= 0.6 is 27.5 Å². The lowest BCUT2D eigenvalue weighted by Crippen LogP contribution is -1.88. The summed E-state index contributed by atoms with van der Waals surface area (Å²) in [5.74, 6) is 2.13. The van der Waals surface area contributed by atoms with E-state index in [4.69, 9.17) is 16.3 Å². The minimum Gasteiger partial charge on any atom is -0.457 e.